The van der Waals surface area contributed by atoms with Crippen molar-refractivity contribution in [2.45, 2.75) is 0 Å². The number of hydrogen-bond acceptors (Lipinski definition) is 6. The minimum absolute atomic E-state index is 0.0464. The van der Waals surface area contributed by atoms with Gasteiger partial charge >= 0.3 is 0 Å². The minimum atomic E-state index is -0.273. The number of benzene rings is 7. The average molecular weight is 569 g/mol. The topological polar surface area (TPSA) is 109 Å². The maximum absolute atomic E-state index is 14.0. The number of phenols is 2. The van der Waals surface area contributed by atoms with Gasteiger partial charge in [0.15, 0.2) is 0 Å². The van der Waals surface area contributed by atoms with Crippen molar-refractivity contribution < 1.29 is 10.2 Å². The van der Waals surface area contributed by atoms with E-state index in [2.05, 4.69) is 0 Å². The van der Waals surface area contributed by atoms with Gasteiger partial charge in [-0.2, -0.15) is 0 Å². The molecule has 8 nitrogen and oxygen atoms in total. The van der Waals surface area contributed by atoms with E-state index in [1.54, 1.807) is 14.9 Å². The molecule has 2 N–H and O–H groups in total. The van der Waals surface area contributed by atoms with E-state index < -0.39 is 0 Å². The molecular weight excluding hydrogens is 552 g/mol. The fourth-order valence-electron chi connectivity index (χ4n) is 7.83. The lowest BCUT2D eigenvalue weighted by Crippen LogP contribution is -2.14. The zero-order valence-corrected chi connectivity index (χ0v) is 22.6. The van der Waals surface area contributed by atoms with Crippen LogP contribution >= 0.6 is 0 Å². The van der Waals surface area contributed by atoms with Crippen LogP contribution < -0.4 is 11.1 Å². The van der Waals surface area contributed by atoms with Gasteiger partial charge in [0.1, 0.15) is 22.8 Å². The van der Waals surface area contributed by atoms with Gasteiger partial charge in [0, 0.05) is 48.5 Å². The number of imidazole rings is 2. The quantitative estimate of drug-likeness (QED) is 0.157. The Labute approximate surface area is 243 Å². The number of para-hydroxylation sites is 4. The molecule has 0 fully saturated rings. The molecule has 4 aromatic heterocycles. The van der Waals surface area contributed by atoms with Crippen LogP contribution in [-0.2, 0) is 0 Å². The van der Waals surface area contributed by atoms with Crippen molar-refractivity contribution in [2.75, 3.05) is 0 Å². The first kappa shape index (κ1) is 22.3. The van der Waals surface area contributed by atoms with E-state index >= 15 is 0 Å². The predicted octanol–water partition coefficient (Wildman–Crippen LogP) is 6.65. The van der Waals surface area contributed by atoms with E-state index in [0.29, 0.717) is 81.8 Å². The first-order valence-electron chi connectivity index (χ1n) is 14.2. The molecule has 0 saturated heterocycles. The van der Waals surface area contributed by atoms with Crippen molar-refractivity contribution in [3.8, 4) is 11.5 Å². The highest BCUT2D eigenvalue weighted by Crippen LogP contribution is 2.51. The summed E-state index contributed by atoms with van der Waals surface area (Å²) in [7, 11) is 0. The molecule has 0 bridgehead atoms. The lowest BCUT2D eigenvalue weighted by molar-refractivity contribution is 0.478. The zero-order valence-electron chi connectivity index (χ0n) is 22.6. The van der Waals surface area contributed by atoms with Crippen molar-refractivity contribution in [1.29, 1.82) is 0 Å². The highest BCUT2D eigenvalue weighted by atomic mass is 16.3. The van der Waals surface area contributed by atoms with Gasteiger partial charge in [0.05, 0.1) is 27.5 Å². The molecule has 0 aliphatic heterocycles. The fraction of sp³-hybridized carbons (Fsp3) is 0. The van der Waals surface area contributed by atoms with Crippen LogP contribution in [0.1, 0.15) is 0 Å². The van der Waals surface area contributed by atoms with Gasteiger partial charge in [-0.15, -0.1) is 0 Å². The predicted molar refractivity (Wildman–Crippen MR) is 173 cm³/mol. The molecule has 4 heterocycles. The van der Waals surface area contributed by atoms with Crippen molar-refractivity contribution >= 4 is 98.0 Å². The van der Waals surface area contributed by atoms with E-state index in [1.165, 1.54) is 6.07 Å². The summed E-state index contributed by atoms with van der Waals surface area (Å²) in [6.45, 7) is 0. The van der Waals surface area contributed by atoms with Crippen molar-refractivity contribution in [3.05, 3.63) is 106 Å². The number of aromatic hydroxyl groups is 2. The molecule has 0 spiro atoms. The van der Waals surface area contributed by atoms with E-state index in [-0.39, 0.29) is 22.6 Å². The van der Waals surface area contributed by atoms with Crippen LogP contribution in [0.15, 0.2) is 94.5 Å². The third kappa shape index (κ3) is 2.27. The van der Waals surface area contributed by atoms with Gasteiger partial charge in [-0.1, -0.05) is 36.4 Å². The van der Waals surface area contributed by atoms with Gasteiger partial charge < -0.3 is 10.2 Å². The summed E-state index contributed by atoms with van der Waals surface area (Å²) < 4.78 is 3.21. The molecule has 0 radical (unpaired) electrons. The number of nitrogens with zero attached hydrogens (tertiary/aromatic N) is 4. The van der Waals surface area contributed by atoms with Gasteiger partial charge in [-0.25, -0.2) is 9.97 Å². The highest BCUT2D eigenvalue weighted by Gasteiger charge is 2.27. The fourth-order valence-corrected chi connectivity index (χ4v) is 7.83. The Hall–Kier alpha value is -6.28. The Morgan fingerprint density at radius 1 is 0.455 bits per heavy atom. The summed E-state index contributed by atoms with van der Waals surface area (Å²) in [5, 5.41) is 30.9. The van der Waals surface area contributed by atoms with Gasteiger partial charge in [0.2, 0.25) is 0 Å². The normalized spacial score (nSPS) is 12.9. The van der Waals surface area contributed by atoms with Crippen LogP contribution in [0, 0.1) is 0 Å². The molecule has 0 aliphatic carbocycles. The number of aromatic nitrogens is 4. The third-order valence-corrected chi connectivity index (χ3v) is 9.53. The Balaban J connectivity index is 1.45. The summed E-state index contributed by atoms with van der Waals surface area (Å²) in [5.74, 6) is -0.168. The smallest absolute Gasteiger partial charge is 0.264 e. The SMILES string of the molecule is O=c1c2cc(O)c3c4c(O)cc5c6c(ccc(c7ccc(c2c73)c2nc3ccccc3n12)c46)c(=O)n1c2ccccc2nc51. The zero-order chi connectivity index (χ0) is 29.2. The van der Waals surface area contributed by atoms with Crippen molar-refractivity contribution in [3.63, 3.8) is 0 Å². The maximum Gasteiger partial charge on any atom is 0.264 e. The van der Waals surface area contributed by atoms with E-state index in [4.69, 9.17) is 9.97 Å². The monoisotopic (exact) mass is 568 g/mol. The van der Waals surface area contributed by atoms with Gasteiger partial charge in [-0.3, -0.25) is 18.4 Å². The first-order valence-corrected chi connectivity index (χ1v) is 14.2. The summed E-state index contributed by atoms with van der Waals surface area (Å²) >= 11 is 0. The molecule has 0 saturated carbocycles. The lowest BCUT2D eigenvalue weighted by atomic mass is 9.85. The molecule has 11 rings (SSSR count). The number of hydrogen-bond donors (Lipinski definition) is 2. The lowest BCUT2D eigenvalue weighted by Gasteiger charge is -2.19. The van der Waals surface area contributed by atoms with Gasteiger partial charge in [-0.05, 0) is 59.3 Å². The number of phenolic OH excluding ortho intramolecular Hbond substituents is 2. The molecular formula is C36H16N4O4. The molecule has 0 aliphatic rings. The Kier molecular flexibility index (Phi) is 3.56. The molecule has 11 aromatic rings. The summed E-state index contributed by atoms with van der Waals surface area (Å²) in [6.07, 6.45) is 0. The second kappa shape index (κ2) is 7.02. The van der Waals surface area contributed by atoms with Crippen LogP contribution in [0.3, 0.4) is 0 Å². The second-order valence-corrected chi connectivity index (χ2v) is 11.6. The Morgan fingerprint density at radius 2 is 0.909 bits per heavy atom. The number of rotatable bonds is 0. The van der Waals surface area contributed by atoms with Crippen molar-refractivity contribution in [1.82, 2.24) is 18.8 Å². The number of fused-ring (bicyclic) bond motifs is 10. The van der Waals surface area contributed by atoms with E-state index in [1.807, 2.05) is 72.8 Å². The molecule has 44 heavy (non-hydrogen) atoms. The molecule has 0 unspecified atom stereocenters. The average Bonchev–Trinajstić information content (AvgIpc) is 3.63. The van der Waals surface area contributed by atoms with Crippen LogP contribution in [0.2, 0.25) is 0 Å². The molecule has 204 valence electrons. The van der Waals surface area contributed by atoms with Crippen LogP contribution in [0.4, 0.5) is 0 Å². The van der Waals surface area contributed by atoms with E-state index in [0.717, 1.165) is 16.2 Å². The standard InChI is InChI=1S/C36H16N4O4/c41-25-13-19-28-18(35(43)40-24-8-4-2-6-22(24)38-34(19)40)12-10-16-15-9-11-17-27-20(14-26(42)32(29(15)27)31(25)30(16)28)36(44)39-23-7-3-1-5-21(23)37-33(17)39/h1-14,41-42H. The Bertz CT molecular complexity index is 3200. The first-order chi connectivity index (χ1) is 21.5. The summed E-state index contributed by atoms with van der Waals surface area (Å²) in [5.41, 5.74) is 3.32. The molecule has 0 atom stereocenters. The Morgan fingerprint density at radius 3 is 1.52 bits per heavy atom. The maximum atomic E-state index is 14.0. The third-order valence-electron chi connectivity index (χ3n) is 9.53. The van der Waals surface area contributed by atoms with Crippen molar-refractivity contribution in [2.24, 2.45) is 0 Å². The largest absolute Gasteiger partial charge is 0.507 e. The second-order valence-electron chi connectivity index (χ2n) is 11.6. The number of pyridine rings is 2. The summed E-state index contributed by atoms with van der Waals surface area (Å²) in [4.78, 5) is 37.7. The summed E-state index contributed by atoms with van der Waals surface area (Å²) in [6, 6.07) is 25.8. The van der Waals surface area contributed by atoms with E-state index in [9.17, 15) is 19.8 Å². The van der Waals surface area contributed by atoms with Crippen LogP contribution in [0.25, 0.3) is 98.0 Å². The van der Waals surface area contributed by atoms with Crippen LogP contribution in [0.5, 0.6) is 11.5 Å². The minimum Gasteiger partial charge on any atom is -0.507 e. The van der Waals surface area contributed by atoms with Crippen LogP contribution in [-0.4, -0.2) is 29.0 Å². The van der Waals surface area contributed by atoms with Gasteiger partial charge in [0.25, 0.3) is 11.1 Å². The molecule has 0 amide bonds. The molecule has 8 heteroatoms. The highest BCUT2D eigenvalue weighted by molar-refractivity contribution is 6.42. The molecule has 7 aromatic carbocycles.